The summed E-state index contributed by atoms with van der Waals surface area (Å²) in [5.41, 5.74) is 0. The van der Waals surface area contributed by atoms with Gasteiger partial charge in [0.25, 0.3) is 0 Å². The zero-order valence-corrected chi connectivity index (χ0v) is 17.2. The average molecular weight is 357 g/mol. The lowest BCUT2D eigenvalue weighted by Gasteiger charge is -2.24. The van der Waals surface area contributed by atoms with Crippen molar-refractivity contribution in [2.24, 2.45) is 0 Å². The topological polar surface area (TPSA) is 18.5 Å². The summed E-state index contributed by atoms with van der Waals surface area (Å²) in [7, 11) is -1.69. The Labute approximate surface area is 154 Å². The molecule has 0 aliphatic rings. The predicted octanol–water partition coefficient (Wildman–Crippen LogP) is 4.87. The van der Waals surface area contributed by atoms with Crippen LogP contribution < -0.4 is 19.8 Å². The molecule has 2 rings (SSSR count). The molecule has 0 bridgehead atoms. The second kappa shape index (κ2) is 9.67. The number of hydrogen-bond donors (Lipinski definition) is 0. The normalized spacial score (nSPS) is 11.4. The fourth-order valence-corrected chi connectivity index (χ4v) is 5.10. The molecule has 0 aliphatic heterocycles. The summed E-state index contributed by atoms with van der Waals surface area (Å²) in [6, 6.07) is 17.4. The molecule has 2 aromatic carbocycles. The van der Waals surface area contributed by atoms with Crippen LogP contribution in [0.1, 0.15) is 39.5 Å². The third-order valence-electron chi connectivity index (χ3n) is 4.69. The number of unbranched alkanes of at least 4 members (excludes halogenated alkanes) is 2. The summed E-state index contributed by atoms with van der Waals surface area (Å²) in [6.45, 7) is 10.8. The van der Waals surface area contributed by atoms with Gasteiger partial charge in [0, 0.05) is 0 Å². The van der Waals surface area contributed by atoms with Crippen molar-refractivity contribution in [3.63, 3.8) is 0 Å². The van der Waals surface area contributed by atoms with Crippen LogP contribution in [0.4, 0.5) is 0 Å². The van der Waals surface area contributed by atoms with Gasteiger partial charge in [0.2, 0.25) is 0 Å². The molecule has 0 saturated heterocycles. The van der Waals surface area contributed by atoms with E-state index in [9.17, 15) is 0 Å². The van der Waals surface area contributed by atoms with E-state index < -0.39 is 8.07 Å². The minimum absolute atomic E-state index is 0.802. The Morgan fingerprint density at radius 3 is 1.32 bits per heavy atom. The van der Waals surface area contributed by atoms with Gasteiger partial charge in [-0.1, -0.05) is 74.4 Å². The monoisotopic (exact) mass is 356 g/mol. The van der Waals surface area contributed by atoms with Crippen LogP contribution in [-0.4, -0.2) is 21.3 Å². The van der Waals surface area contributed by atoms with E-state index in [0.29, 0.717) is 0 Å². The van der Waals surface area contributed by atoms with Gasteiger partial charge in [0.05, 0.1) is 13.2 Å². The number of hydrogen-bond acceptors (Lipinski definition) is 2. The summed E-state index contributed by atoms with van der Waals surface area (Å²) in [5, 5.41) is 2.85. The van der Waals surface area contributed by atoms with Gasteiger partial charge >= 0.3 is 0 Å². The van der Waals surface area contributed by atoms with E-state index in [1.165, 1.54) is 10.4 Å². The second-order valence-electron chi connectivity index (χ2n) is 7.08. The first-order chi connectivity index (χ1) is 12.1. The van der Waals surface area contributed by atoms with Gasteiger partial charge in [-0.2, -0.15) is 0 Å². The third-order valence-corrected chi connectivity index (χ3v) is 8.24. The third kappa shape index (κ3) is 5.64. The van der Waals surface area contributed by atoms with Gasteiger partial charge in [-0.15, -0.1) is 0 Å². The Hall–Kier alpha value is -1.74. The van der Waals surface area contributed by atoms with E-state index in [1.54, 1.807) is 0 Å². The van der Waals surface area contributed by atoms with E-state index in [1.807, 2.05) is 0 Å². The molecule has 136 valence electrons. The molecule has 0 radical (unpaired) electrons. The maximum absolute atomic E-state index is 5.78. The molecule has 0 aromatic heterocycles. The first kappa shape index (κ1) is 19.6. The molecule has 0 amide bonds. The molecule has 0 atom stereocenters. The molecule has 0 heterocycles. The number of benzene rings is 2. The van der Waals surface area contributed by atoms with Gasteiger partial charge < -0.3 is 9.47 Å². The van der Waals surface area contributed by atoms with Gasteiger partial charge in [0.1, 0.15) is 19.6 Å². The van der Waals surface area contributed by atoms with Crippen LogP contribution >= 0.6 is 0 Å². The smallest absolute Gasteiger partial charge is 0.119 e. The summed E-state index contributed by atoms with van der Waals surface area (Å²) in [5.74, 6) is 1.95. The maximum atomic E-state index is 5.78. The molecular weight excluding hydrogens is 324 g/mol. The Kier molecular flexibility index (Phi) is 7.57. The molecule has 25 heavy (non-hydrogen) atoms. The summed E-state index contributed by atoms with van der Waals surface area (Å²) in [4.78, 5) is 0. The first-order valence-corrected chi connectivity index (χ1v) is 12.5. The van der Waals surface area contributed by atoms with Crippen molar-refractivity contribution >= 4 is 18.4 Å². The SMILES string of the molecule is CCCCOc1ccc([Si](C)(C)c2ccc(OCCCC)cc2)cc1. The van der Waals surface area contributed by atoms with Crippen LogP contribution in [0.5, 0.6) is 11.5 Å². The largest absolute Gasteiger partial charge is 0.494 e. The highest BCUT2D eigenvalue weighted by Gasteiger charge is 2.25. The second-order valence-corrected chi connectivity index (χ2v) is 11.5. The minimum Gasteiger partial charge on any atom is -0.494 e. The van der Waals surface area contributed by atoms with Crippen LogP contribution in [0.15, 0.2) is 48.5 Å². The lowest BCUT2D eigenvalue weighted by molar-refractivity contribution is 0.309. The molecule has 0 saturated carbocycles. The van der Waals surface area contributed by atoms with E-state index in [0.717, 1.165) is 50.4 Å². The van der Waals surface area contributed by atoms with Crippen LogP contribution in [0.25, 0.3) is 0 Å². The highest BCUT2D eigenvalue weighted by Crippen LogP contribution is 2.14. The lowest BCUT2D eigenvalue weighted by Crippen LogP contribution is -2.52. The molecule has 2 nitrogen and oxygen atoms in total. The van der Waals surface area contributed by atoms with Crippen LogP contribution in [0.3, 0.4) is 0 Å². The number of ether oxygens (including phenoxy) is 2. The van der Waals surface area contributed by atoms with E-state index in [-0.39, 0.29) is 0 Å². The maximum Gasteiger partial charge on any atom is 0.119 e. The van der Waals surface area contributed by atoms with Gasteiger partial charge in [-0.25, -0.2) is 0 Å². The van der Waals surface area contributed by atoms with Crippen molar-refractivity contribution in [3.05, 3.63) is 48.5 Å². The zero-order valence-electron chi connectivity index (χ0n) is 16.2. The summed E-state index contributed by atoms with van der Waals surface area (Å²) >= 11 is 0. The fourth-order valence-electron chi connectivity index (χ4n) is 2.77. The van der Waals surface area contributed by atoms with Crippen LogP contribution in [0, 0.1) is 0 Å². The molecule has 0 unspecified atom stereocenters. The molecule has 3 heteroatoms. The molecule has 0 aliphatic carbocycles. The predicted molar refractivity (Wildman–Crippen MR) is 110 cm³/mol. The van der Waals surface area contributed by atoms with E-state index in [4.69, 9.17) is 9.47 Å². The Morgan fingerprint density at radius 1 is 0.640 bits per heavy atom. The molecule has 0 N–H and O–H groups in total. The average Bonchev–Trinajstić information content (AvgIpc) is 2.63. The van der Waals surface area contributed by atoms with Crippen molar-refractivity contribution in [1.82, 2.24) is 0 Å². The van der Waals surface area contributed by atoms with Crippen molar-refractivity contribution in [3.8, 4) is 11.5 Å². The standard InChI is InChI=1S/C22H32O2Si/c1-5-7-17-23-19-9-13-21(14-10-19)25(3,4)22-15-11-20(12-16-22)24-18-8-6-2/h9-16H,5-8,17-18H2,1-4H3. The van der Waals surface area contributed by atoms with E-state index in [2.05, 4.69) is 75.5 Å². The minimum atomic E-state index is -1.69. The zero-order chi connectivity index (χ0) is 18.1. The summed E-state index contributed by atoms with van der Waals surface area (Å²) < 4.78 is 11.6. The van der Waals surface area contributed by atoms with Gasteiger partial charge in [-0.3, -0.25) is 0 Å². The Morgan fingerprint density at radius 2 is 1.00 bits per heavy atom. The van der Waals surface area contributed by atoms with Crippen molar-refractivity contribution in [1.29, 1.82) is 0 Å². The quantitative estimate of drug-likeness (QED) is 0.447. The molecule has 2 aromatic rings. The highest BCUT2D eigenvalue weighted by molar-refractivity contribution is 7.00. The van der Waals surface area contributed by atoms with Crippen molar-refractivity contribution < 1.29 is 9.47 Å². The molecule has 0 spiro atoms. The fraction of sp³-hybridized carbons (Fsp3) is 0.455. The first-order valence-electron chi connectivity index (χ1n) is 9.54. The highest BCUT2D eigenvalue weighted by atomic mass is 28.3. The van der Waals surface area contributed by atoms with Crippen LogP contribution in [0.2, 0.25) is 13.1 Å². The lowest BCUT2D eigenvalue weighted by atomic mass is 10.3. The van der Waals surface area contributed by atoms with E-state index >= 15 is 0 Å². The molecule has 0 fully saturated rings. The van der Waals surface area contributed by atoms with Crippen molar-refractivity contribution in [2.75, 3.05) is 13.2 Å². The van der Waals surface area contributed by atoms with Gasteiger partial charge in [-0.05, 0) is 37.1 Å². The number of rotatable bonds is 10. The Balaban J connectivity index is 2.04. The molecular formula is C22H32O2Si. The van der Waals surface area contributed by atoms with Crippen molar-refractivity contribution in [2.45, 2.75) is 52.6 Å². The van der Waals surface area contributed by atoms with Gasteiger partial charge in [0.15, 0.2) is 0 Å². The van der Waals surface area contributed by atoms with Crippen LogP contribution in [-0.2, 0) is 0 Å². The Bertz CT molecular complexity index is 562. The summed E-state index contributed by atoms with van der Waals surface area (Å²) in [6.07, 6.45) is 4.54.